The Morgan fingerprint density at radius 3 is 2.25 bits per heavy atom. The molecule has 0 bridgehead atoms. The third-order valence-electron chi connectivity index (χ3n) is 2.33. The standard InChI is InChI=1S/C13H15FO2/c1-2-3-12(15)8-9-13(16)10-4-6-11(14)7-5-10/h4-7H,2-3,8-9H2,1H3. The van der Waals surface area contributed by atoms with Crippen LogP contribution in [0.2, 0.25) is 0 Å². The lowest BCUT2D eigenvalue weighted by Gasteiger charge is -2.00. The van der Waals surface area contributed by atoms with Gasteiger partial charge in [-0.05, 0) is 30.7 Å². The molecular weight excluding hydrogens is 207 g/mol. The summed E-state index contributed by atoms with van der Waals surface area (Å²) in [5.74, 6) is -0.360. The highest BCUT2D eigenvalue weighted by Crippen LogP contribution is 2.08. The highest BCUT2D eigenvalue weighted by Gasteiger charge is 2.08. The molecule has 0 heterocycles. The minimum absolute atomic E-state index is 0.107. The molecule has 0 fully saturated rings. The largest absolute Gasteiger partial charge is 0.300 e. The van der Waals surface area contributed by atoms with Crippen molar-refractivity contribution in [3.05, 3.63) is 35.6 Å². The summed E-state index contributed by atoms with van der Waals surface area (Å²) in [7, 11) is 0. The third kappa shape index (κ3) is 3.93. The molecule has 1 aromatic carbocycles. The van der Waals surface area contributed by atoms with E-state index >= 15 is 0 Å². The van der Waals surface area contributed by atoms with Crippen LogP contribution in [0.1, 0.15) is 43.0 Å². The summed E-state index contributed by atoms with van der Waals surface area (Å²) in [6.45, 7) is 1.93. The molecule has 0 aromatic heterocycles. The van der Waals surface area contributed by atoms with Gasteiger partial charge in [0.2, 0.25) is 0 Å². The zero-order valence-electron chi connectivity index (χ0n) is 9.33. The molecule has 3 heteroatoms. The van der Waals surface area contributed by atoms with E-state index in [0.717, 1.165) is 6.42 Å². The number of carbonyl (C=O) groups is 2. The quantitative estimate of drug-likeness (QED) is 0.693. The van der Waals surface area contributed by atoms with Crippen molar-refractivity contribution in [1.82, 2.24) is 0 Å². The van der Waals surface area contributed by atoms with Crippen molar-refractivity contribution in [3.63, 3.8) is 0 Å². The Balaban J connectivity index is 2.47. The molecule has 0 aliphatic rings. The van der Waals surface area contributed by atoms with E-state index in [9.17, 15) is 14.0 Å². The van der Waals surface area contributed by atoms with Gasteiger partial charge in [-0.3, -0.25) is 9.59 Å². The minimum Gasteiger partial charge on any atom is -0.300 e. The van der Waals surface area contributed by atoms with Gasteiger partial charge in [-0.1, -0.05) is 6.92 Å². The molecule has 1 rings (SSSR count). The molecule has 0 amide bonds. The van der Waals surface area contributed by atoms with Gasteiger partial charge in [0, 0.05) is 24.8 Å². The second-order valence-electron chi connectivity index (χ2n) is 3.72. The van der Waals surface area contributed by atoms with E-state index in [1.807, 2.05) is 6.92 Å². The molecule has 0 aliphatic carbocycles. The molecule has 2 nitrogen and oxygen atoms in total. The summed E-state index contributed by atoms with van der Waals surface area (Å²) < 4.78 is 12.6. The first kappa shape index (κ1) is 12.6. The van der Waals surface area contributed by atoms with Crippen LogP contribution in [-0.4, -0.2) is 11.6 Å². The molecule has 0 aliphatic heterocycles. The Labute approximate surface area is 94.5 Å². The number of carbonyl (C=O) groups excluding carboxylic acids is 2. The maximum absolute atomic E-state index is 12.6. The van der Waals surface area contributed by atoms with Gasteiger partial charge in [0.15, 0.2) is 5.78 Å². The van der Waals surface area contributed by atoms with Crippen molar-refractivity contribution in [2.45, 2.75) is 32.6 Å². The van der Waals surface area contributed by atoms with Gasteiger partial charge < -0.3 is 0 Å². The third-order valence-corrected chi connectivity index (χ3v) is 2.33. The van der Waals surface area contributed by atoms with E-state index in [1.165, 1.54) is 24.3 Å². The van der Waals surface area contributed by atoms with E-state index in [0.29, 0.717) is 12.0 Å². The van der Waals surface area contributed by atoms with Crippen molar-refractivity contribution >= 4 is 11.6 Å². The molecule has 0 saturated heterocycles. The summed E-state index contributed by atoms with van der Waals surface area (Å²) in [5, 5.41) is 0. The first-order chi connectivity index (χ1) is 7.63. The van der Waals surface area contributed by atoms with Gasteiger partial charge >= 0.3 is 0 Å². The van der Waals surface area contributed by atoms with Crippen LogP contribution in [-0.2, 0) is 4.79 Å². The van der Waals surface area contributed by atoms with Gasteiger partial charge in [-0.2, -0.15) is 0 Å². The van der Waals surface area contributed by atoms with Crippen molar-refractivity contribution in [2.75, 3.05) is 0 Å². The predicted molar refractivity (Wildman–Crippen MR) is 59.9 cm³/mol. The van der Waals surface area contributed by atoms with Crippen molar-refractivity contribution in [1.29, 1.82) is 0 Å². The maximum Gasteiger partial charge on any atom is 0.163 e. The highest BCUT2D eigenvalue weighted by molar-refractivity contribution is 5.98. The monoisotopic (exact) mass is 222 g/mol. The average Bonchev–Trinajstić information content (AvgIpc) is 2.27. The maximum atomic E-state index is 12.6. The second kappa shape index (κ2) is 6.16. The van der Waals surface area contributed by atoms with E-state index in [1.54, 1.807) is 0 Å². The van der Waals surface area contributed by atoms with Crippen molar-refractivity contribution < 1.29 is 14.0 Å². The molecule has 0 N–H and O–H groups in total. The van der Waals surface area contributed by atoms with Crippen LogP contribution >= 0.6 is 0 Å². The Morgan fingerprint density at radius 1 is 1.06 bits per heavy atom. The first-order valence-corrected chi connectivity index (χ1v) is 5.44. The number of hydrogen-bond donors (Lipinski definition) is 0. The number of benzene rings is 1. The SMILES string of the molecule is CCCC(=O)CCC(=O)c1ccc(F)cc1. The molecule has 0 unspecified atom stereocenters. The fourth-order valence-corrected chi connectivity index (χ4v) is 1.44. The zero-order chi connectivity index (χ0) is 12.0. The van der Waals surface area contributed by atoms with Crippen LogP contribution < -0.4 is 0 Å². The zero-order valence-corrected chi connectivity index (χ0v) is 9.33. The Hall–Kier alpha value is -1.51. The normalized spacial score (nSPS) is 10.1. The fourth-order valence-electron chi connectivity index (χ4n) is 1.44. The molecule has 0 radical (unpaired) electrons. The van der Waals surface area contributed by atoms with Gasteiger partial charge in [0.05, 0.1) is 0 Å². The van der Waals surface area contributed by atoms with Crippen LogP contribution in [0, 0.1) is 5.82 Å². The van der Waals surface area contributed by atoms with Crippen molar-refractivity contribution in [2.24, 2.45) is 0 Å². The summed E-state index contributed by atoms with van der Waals surface area (Å²) in [5.41, 5.74) is 0.464. The van der Waals surface area contributed by atoms with Crippen LogP contribution in [0.3, 0.4) is 0 Å². The molecule has 0 atom stereocenters. The predicted octanol–water partition coefficient (Wildman–Crippen LogP) is 3.16. The van der Waals surface area contributed by atoms with Crippen LogP contribution in [0.5, 0.6) is 0 Å². The van der Waals surface area contributed by atoms with E-state index < -0.39 is 0 Å². The van der Waals surface area contributed by atoms with Gasteiger partial charge in [-0.25, -0.2) is 4.39 Å². The van der Waals surface area contributed by atoms with Gasteiger partial charge in [0.1, 0.15) is 11.6 Å². The molecule has 1 aromatic rings. The van der Waals surface area contributed by atoms with Crippen molar-refractivity contribution in [3.8, 4) is 0 Å². The first-order valence-electron chi connectivity index (χ1n) is 5.44. The van der Waals surface area contributed by atoms with E-state index in [4.69, 9.17) is 0 Å². The lowest BCUT2D eigenvalue weighted by molar-refractivity contribution is -0.119. The average molecular weight is 222 g/mol. The Kier molecular flexibility index (Phi) is 4.83. The molecule has 86 valence electrons. The minimum atomic E-state index is -0.362. The summed E-state index contributed by atoms with van der Waals surface area (Å²) in [4.78, 5) is 22.8. The molecule has 0 spiro atoms. The fraction of sp³-hybridized carbons (Fsp3) is 0.385. The second-order valence-corrected chi connectivity index (χ2v) is 3.72. The molecular formula is C13H15FO2. The molecule has 16 heavy (non-hydrogen) atoms. The summed E-state index contributed by atoms with van der Waals surface area (Å²) in [6, 6.07) is 5.39. The van der Waals surface area contributed by atoms with Crippen LogP contribution in [0.15, 0.2) is 24.3 Å². The topological polar surface area (TPSA) is 34.1 Å². The number of hydrogen-bond acceptors (Lipinski definition) is 2. The van der Waals surface area contributed by atoms with E-state index in [-0.39, 0.29) is 30.2 Å². The number of rotatable bonds is 6. The highest BCUT2D eigenvalue weighted by atomic mass is 19.1. The number of ketones is 2. The smallest absolute Gasteiger partial charge is 0.163 e. The lowest BCUT2D eigenvalue weighted by atomic mass is 10.0. The summed E-state index contributed by atoms with van der Waals surface area (Å²) in [6.07, 6.45) is 1.83. The van der Waals surface area contributed by atoms with Crippen LogP contribution in [0.25, 0.3) is 0 Å². The summed E-state index contributed by atoms with van der Waals surface area (Å²) >= 11 is 0. The molecule has 0 saturated carbocycles. The lowest BCUT2D eigenvalue weighted by Crippen LogP contribution is -2.04. The van der Waals surface area contributed by atoms with Crippen LogP contribution in [0.4, 0.5) is 4.39 Å². The van der Waals surface area contributed by atoms with E-state index in [2.05, 4.69) is 0 Å². The Morgan fingerprint density at radius 2 is 1.69 bits per heavy atom. The Bertz CT molecular complexity index is 368. The number of Topliss-reactive ketones (excluding diaryl/α,β-unsaturated/α-hetero) is 2. The van der Waals surface area contributed by atoms with Gasteiger partial charge in [0.25, 0.3) is 0 Å². The number of halogens is 1. The van der Waals surface area contributed by atoms with Gasteiger partial charge in [-0.15, -0.1) is 0 Å².